The number of carbonyl (C=O) groups excluding carboxylic acids is 1. The number of aromatic nitrogens is 3. The standard InChI is InChI=1S/C14H13N5OS/c15-18-13(20)14-17-12(9-21-14)8-19-7-11(6-16-19)10-4-2-1-3-5-10/h1-7,9H,8,15H2,(H,18,20). The van der Waals surface area contributed by atoms with Crippen LogP contribution in [-0.4, -0.2) is 20.7 Å². The highest BCUT2D eigenvalue weighted by atomic mass is 32.1. The number of nitrogens with zero attached hydrogens (tertiary/aromatic N) is 3. The quantitative estimate of drug-likeness (QED) is 0.436. The molecular weight excluding hydrogens is 286 g/mol. The number of hydrazine groups is 1. The number of benzene rings is 1. The number of carbonyl (C=O) groups is 1. The summed E-state index contributed by atoms with van der Waals surface area (Å²) in [7, 11) is 0. The summed E-state index contributed by atoms with van der Waals surface area (Å²) in [6, 6.07) is 10.0. The largest absolute Gasteiger partial charge is 0.294 e. The van der Waals surface area contributed by atoms with Gasteiger partial charge in [-0.25, -0.2) is 10.8 Å². The van der Waals surface area contributed by atoms with E-state index in [1.54, 1.807) is 4.68 Å². The predicted molar refractivity (Wildman–Crippen MR) is 80.5 cm³/mol. The normalized spacial score (nSPS) is 10.5. The molecule has 0 aliphatic rings. The molecule has 6 nitrogen and oxygen atoms in total. The molecule has 0 saturated carbocycles. The van der Waals surface area contributed by atoms with E-state index in [2.05, 4.69) is 15.5 Å². The Kier molecular flexibility index (Phi) is 3.76. The fourth-order valence-electron chi connectivity index (χ4n) is 1.94. The van der Waals surface area contributed by atoms with Gasteiger partial charge in [-0.05, 0) is 5.56 Å². The number of thiazole rings is 1. The Morgan fingerprint density at radius 2 is 2.10 bits per heavy atom. The summed E-state index contributed by atoms with van der Waals surface area (Å²) >= 11 is 1.26. The lowest BCUT2D eigenvalue weighted by Gasteiger charge is -1.97. The summed E-state index contributed by atoms with van der Waals surface area (Å²) in [6.07, 6.45) is 3.77. The molecule has 2 heterocycles. The zero-order chi connectivity index (χ0) is 14.7. The van der Waals surface area contributed by atoms with Gasteiger partial charge in [-0.1, -0.05) is 30.3 Å². The molecule has 106 valence electrons. The number of nitrogen functional groups attached to an aromatic ring is 1. The number of nitrogens with one attached hydrogen (secondary N) is 1. The van der Waals surface area contributed by atoms with Crippen LogP contribution in [-0.2, 0) is 6.54 Å². The third kappa shape index (κ3) is 2.99. The molecule has 0 bridgehead atoms. The number of nitrogens with two attached hydrogens (primary N) is 1. The fraction of sp³-hybridized carbons (Fsp3) is 0.0714. The molecule has 0 aliphatic carbocycles. The molecule has 21 heavy (non-hydrogen) atoms. The van der Waals surface area contributed by atoms with Crippen molar-refractivity contribution >= 4 is 17.2 Å². The zero-order valence-corrected chi connectivity index (χ0v) is 11.9. The second-order valence-corrected chi connectivity index (χ2v) is 5.27. The molecule has 0 radical (unpaired) electrons. The maximum absolute atomic E-state index is 11.4. The second kappa shape index (κ2) is 5.86. The van der Waals surface area contributed by atoms with Crippen LogP contribution in [0, 0.1) is 0 Å². The zero-order valence-electron chi connectivity index (χ0n) is 11.1. The van der Waals surface area contributed by atoms with Crippen LogP contribution < -0.4 is 11.3 Å². The van der Waals surface area contributed by atoms with E-state index in [4.69, 9.17) is 5.84 Å². The third-order valence-electron chi connectivity index (χ3n) is 2.94. The molecule has 2 aromatic heterocycles. The smallest absolute Gasteiger partial charge is 0.288 e. The monoisotopic (exact) mass is 299 g/mol. The van der Waals surface area contributed by atoms with Gasteiger partial charge < -0.3 is 0 Å². The van der Waals surface area contributed by atoms with Gasteiger partial charge in [0.1, 0.15) is 0 Å². The first kappa shape index (κ1) is 13.5. The van der Waals surface area contributed by atoms with E-state index >= 15 is 0 Å². The highest BCUT2D eigenvalue weighted by molar-refractivity contribution is 7.11. The van der Waals surface area contributed by atoms with Crippen LogP contribution in [0.2, 0.25) is 0 Å². The van der Waals surface area contributed by atoms with Crippen LogP contribution >= 0.6 is 11.3 Å². The van der Waals surface area contributed by atoms with Gasteiger partial charge >= 0.3 is 0 Å². The molecule has 0 atom stereocenters. The lowest BCUT2D eigenvalue weighted by molar-refractivity contribution is 0.0953. The summed E-state index contributed by atoms with van der Waals surface area (Å²) in [5.74, 6) is 4.71. The van der Waals surface area contributed by atoms with Crippen molar-refractivity contribution in [3.8, 4) is 11.1 Å². The molecular formula is C14H13N5OS. The Bertz CT molecular complexity index is 750. The summed E-state index contributed by atoms with van der Waals surface area (Å²) < 4.78 is 1.79. The van der Waals surface area contributed by atoms with Gasteiger partial charge in [-0.3, -0.25) is 14.9 Å². The molecule has 0 aliphatic heterocycles. The molecule has 0 fully saturated rings. The first-order valence-corrected chi connectivity index (χ1v) is 7.17. The minimum Gasteiger partial charge on any atom is -0.288 e. The Labute approximate surface area is 125 Å². The first-order valence-electron chi connectivity index (χ1n) is 6.29. The molecule has 0 unspecified atom stereocenters. The number of amides is 1. The van der Waals surface area contributed by atoms with Crippen molar-refractivity contribution in [3.63, 3.8) is 0 Å². The minimum absolute atomic E-state index is 0.350. The van der Waals surface area contributed by atoms with Gasteiger partial charge in [-0.2, -0.15) is 5.10 Å². The molecule has 3 rings (SSSR count). The van der Waals surface area contributed by atoms with Gasteiger partial charge in [-0.15, -0.1) is 11.3 Å². The van der Waals surface area contributed by atoms with E-state index in [-0.39, 0.29) is 5.91 Å². The Balaban J connectivity index is 1.76. The maximum atomic E-state index is 11.4. The van der Waals surface area contributed by atoms with Gasteiger partial charge in [0, 0.05) is 17.1 Å². The minimum atomic E-state index is -0.378. The third-order valence-corrected chi connectivity index (χ3v) is 3.83. The molecule has 3 N–H and O–H groups in total. The van der Waals surface area contributed by atoms with Crippen molar-refractivity contribution in [2.45, 2.75) is 6.54 Å². The Hall–Kier alpha value is -2.51. The molecule has 1 aromatic carbocycles. The SMILES string of the molecule is NNC(=O)c1nc(Cn2cc(-c3ccccc3)cn2)cs1. The van der Waals surface area contributed by atoms with Crippen LogP contribution in [0.5, 0.6) is 0 Å². The molecule has 3 aromatic rings. The molecule has 0 spiro atoms. The summed E-state index contributed by atoms with van der Waals surface area (Å²) in [4.78, 5) is 15.6. The van der Waals surface area contributed by atoms with Crippen molar-refractivity contribution in [2.75, 3.05) is 0 Å². The van der Waals surface area contributed by atoms with E-state index in [0.717, 1.165) is 16.8 Å². The summed E-state index contributed by atoms with van der Waals surface area (Å²) in [5.41, 5.74) is 5.01. The van der Waals surface area contributed by atoms with Crippen LogP contribution in [0.15, 0.2) is 48.1 Å². The maximum Gasteiger partial charge on any atom is 0.294 e. The molecule has 1 amide bonds. The topological polar surface area (TPSA) is 85.8 Å². The van der Waals surface area contributed by atoms with Crippen LogP contribution in [0.3, 0.4) is 0 Å². The first-order chi connectivity index (χ1) is 10.3. The lowest BCUT2D eigenvalue weighted by Crippen LogP contribution is -2.29. The van der Waals surface area contributed by atoms with Gasteiger partial charge in [0.15, 0.2) is 5.01 Å². The summed E-state index contributed by atoms with van der Waals surface area (Å²) in [6.45, 7) is 0.515. The van der Waals surface area contributed by atoms with Crippen molar-refractivity contribution < 1.29 is 4.79 Å². The van der Waals surface area contributed by atoms with E-state index in [0.29, 0.717) is 11.6 Å². The number of hydrogen-bond donors (Lipinski definition) is 2. The van der Waals surface area contributed by atoms with Crippen molar-refractivity contribution in [1.82, 2.24) is 20.2 Å². The van der Waals surface area contributed by atoms with Crippen LogP contribution in [0.1, 0.15) is 15.5 Å². The van der Waals surface area contributed by atoms with E-state index in [1.165, 1.54) is 11.3 Å². The Morgan fingerprint density at radius 1 is 1.29 bits per heavy atom. The molecule has 7 heteroatoms. The van der Waals surface area contributed by atoms with Gasteiger partial charge in [0.25, 0.3) is 5.91 Å². The highest BCUT2D eigenvalue weighted by Gasteiger charge is 2.10. The number of hydrogen-bond acceptors (Lipinski definition) is 5. The predicted octanol–water partition coefficient (Wildman–Crippen LogP) is 1.66. The van der Waals surface area contributed by atoms with E-state index in [1.807, 2.05) is 48.1 Å². The van der Waals surface area contributed by atoms with E-state index in [9.17, 15) is 4.79 Å². The Morgan fingerprint density at radius 3 is 2.86 bits per heavy atom. The number of rotatable bonds is 4. The summed E-state index contributed by atoms with van der Waals surface area (Å²) in [5, 5.41) is 6.50. The lowest BCUT2D eigenvalue weighted by atomic mass is 10.1. The van der Waals surface area contributed by atoms with Crippen LogP contribution in [0.4, 0.5) is 0 Å². The van der Waals surface area contributed by atoms with Gasteiger partial charge in [0.2, 0.25) is 0 Å². The fourth-order valence-corrected chi connectivity index (χ4v) is 2.65. The highest BCUT2D eigenvalue weighted by Crippen LogP contribution is 2.18. The van der Waals surface area contributed by atoms with Crippen molar-refractivity contribution in [2.24, 2.45) is 5.84 Å². The molecule has 0 saturated heterocycles. The van der Waals surface area contributed by atoms with Crippen molar-refractivity contribution in [3.05, 3.63) is 58.8 Å². The van der Waals surface area contributed by atoms with E-state index < -0.39 is 0 Å². The van der Waals surface area contributed by atoms with Crippen molar-refractivity contribution in [1.29, 1.82) is 0 Å². The second-order valence-electron chi connectivity index (χ2n) is 4.41. The van der Waals surface area contributed by atoms with Gasteiger partial charge in [0.05, 0.1) is 18.4 Å². The average molecular weight is 299 g/mol. The van der Waals surface area contributed by atoms with Crippen LogP contribution in [0.25, 0.3) is 11.1 Å². The average Bonchev–Trinajstić information content (AvgIpc) is 3.17.